The number of nitro groups is 1. The van der Waals surface area contributed by atoms with Gasteiger partial charge in [-0.1, -0.05) is 12.5 Å². The van der Waals surface area contributed by atoms with E-state index in [9.17, 15) is 41.3 Å². The van der Waals surface area contributed by atoms with Crippen LogP contribution in [0.5, 0.6) is 0 Å². The average molecular weight is 533 g/mol. The molecule has 0 saturated heterocycles. The summed E-state index contributed by atoms with van der Waals surface area (Å²) in [6.07, 6.45) is -7.16. The van der Waals surface area contributed by atoms with Crippen molar-refractivity contribution in [2.75, 3.05) is 19.4 Å². The van der Waals surface area contributed by atoms with Crippen LogP contribution in [0.3, 0.4) is 0 Å². The summed E-state index contributed by atoms with van der Waals surface area (Å²) < 4.78 is 79.9. The SMILES string of the molecule is C[N+](C)(Cc1cc(C(F)(F)F)cc(C(F)(F)F)c1)[C@H]1CCCC[C@@H]1NC(=O)Nc1cccc([N+](=O)[O-])c1. The maximum Gasteiger partial charge on any atom is 0.416 e. The number of halogens is 6. The summed E-state index contributed by atoms with van der Waals surface area (Å²) in [6.45, 7) is -0.123. The number of nitro benzene ring substituents is 1. The molecule has 37 heavy (non-hydrogen) atoms. The molecular formula is C24H27F6N4O3+. The third-order valence-corrected chi connectivity index (χ3v) is 6.50. The van der Waals surface area contributed by atoms with E-state index in [0.29, 0.717) is 12.8 Å². The standard InChI is InChI=1S/C24H26F6N4O3/c1-34(2,14-15-10-16(23(25,26)27)12-17(11-15)24(28,29)30)21-9-4-3-8-20(21)32-22(35)31-18-6-5-7-19(13-18)33(36)37/h5-7,10-13,20-21H,3-4,8-9,14H2,1-2H3,(H-,31,32,35)/p+1/t20-,21-/m0/s1. The maximum absolute atomic E-state index is 13.3. The summed E-state index contributed by atoms with van der Waals surface area (Å²) in [7, 11) is 3.41. The number of hydrogen-bond acceptors (Lipinski definition) is 3. The van der Waals surface area contributed by atoms with Crippen molar-refractivity contribution in [3.63, 3.8) is 0 Å². The van der Waals surface area contributed by atoms with Crippen molar-refractivity contribution in [3.05, 3.63) is 69.3 Å². The topological polar surface area (TPSA) is 84.3 Å². The second-order valence-electron chi connectivity index (χ2n) is 9.72. The highest BCUT2D eigenvalue weighted by atomic mass is 19.4. The third kappa shape index (κ3) is 7.34. The predicted molar refractivity (Wildman–Crippen MR) is 124 cm³/mol. The minimum atomic E-state index is -4.94. The number of likely N-dealkylation sites (N-methyl/N-ethyl adjacent to an activating group) is 1. The molecule has 1 fully saturated rings. The first-order valence-corrected chi connectivity index (χ1v) is 11.5. The van der Waals surface area contributed by atoms with E-state index >= 15 is 0 Å². The highest BCUT2D eigenvalue weighted by Crippen LogP contribution is 2.37. The van der Waals surface area contributed by atoms with Crippen LogP contribution >= 0.6 is 0 Å². The summed E-state index contributed by atoms with van der Waals surface area (Å²) in [5, 5.41) is 16.3. The zero-order valence-electron chi connectivity index (χ0n) is 20.1. The average Bonchev–Trinajstić information content (AvgIpc) is 2.77. The number of carbonyl (C=O) groups excluding carboxylic acids is 1. The lowest BCUT2D eigenvalue weighted by atomic mass is 9.87. The van der Waals surface area contributed by atoms with E-state index in [0.717, 1.165) is 25.0 Å². The van der Waals surface area contributed by atoms with Gasteiger partial charge in [0.2, 0.25) is 0 Å². The monoisotopic (exact) mass is 533 g/mol. The van der Waals surface area contributed by atoms with Gasteiger partial charge in [0.15, 0.2) is 0 Å². The molecule has 1 aliphatic carbocycles. The van der Waals surface area contributed by atoms with Gasteiger partial charge < -0.3 is 15.1 Å². The Labute approximate surface area is 209 Å². The Morgan fingerprint density at radius 1 is 1.00 bits per heavy atom. The van der Waals surface area contributed by atoms with Crippen LogP contribution < -0.4 is 10.6 Å². The molecule has 3 rings (SSSR count). The Morgan fingerprint density at radius 3 is 2.16 bits per heavy atom. The zero-order valence-corrected chi connectivity index (χ0v) is 20.1. The number of hydrogen-bond donors (Lipinski definition) is 2. The molecular weight excluding hydrogens is 506 g/mol. The van der Waals surface area contributed by atoms with Gasteiger partial charge in [-0.05, 0) is 37.1 Å². The summed E-state index contributed by atoms with van der Waals surface area (Å²) in [4.78, 5) is 23.0. The van der Waals surface area contributed by atoms with E-state index in [-0.39, 0.29) is 40.1 Å². The molecule has 0 aliphatic heterocycles. The minimum absolute atomic E-state index is 0.0420. The molecule has 0 heterocycles. The molecule has 2 atom stereocenters. The van der Waals surface area contributed by atoms with Crippen LogP contribution in [0.1, 0.15) is 42.4 Å². The second-order valence-corrected chi connectivity index (χ2v) is 9.72. The van der Waals surface area contributed by atoms with Crippen LogP contribution in [-0.4, -0.2) is 41.6 Å². The van der Waals surface area contributed by atoms with Crippen LogP contribution in [0.25, 0.3) is 0 Å². The fourth-order valence-electron chi connectivity index (χ4n) is 4.85. The van der Waals surface area contributed by atoms with Crippen molar-refractivity contribution in [3.8, 4) is 0 Å². The molecule has 0 unspecified atom stereocenters. The Kier molecular flexibility index (Phi) is 8.06. The fourth-order valence-corrected chi connectivity index (χ4v) is 4.85. The largest absolute Gasteiger partial charge is 0.416 e. The van der Waals surface area contributed by atoms with Gasteiger partial charge in [0.05, 0.1) is 36.2 Å². The quantitative estimate of drug-likeness (QED) is 0.197. The maximum atomic E-state index is 13.3. The first-order chi connectivity index (χ1) is 17.1. The van der Waals surface area contributed by atoms with E-state index in [1.807, 2.05) is 0 Å². The van der Waals surface area contributed by atoms with Crippen molar-refractivity contribution in [1.82, 2.24) is 5.32 Å². The first kappa shape index (κ1) is 28.2. The Bertz CT molecular complexity index is 1120. The number of nitrogens with zero attached hydrogens (tertiary/aromatic N) is 2. The lowest BCUT2D eigenvalue weighted by Gasteiger charge is -2.44. The van der Waals surface area contributed by atoms with E-state index in [1.54, 1.807) is 14.1 Å². The molecule has 2 amide bonds. The van der Waals surface area contributed by atoms with Crippen molar-refractivity contribution in [1.29, 1.82) is 0 Å². The Balaban J connectivity index is 1.80. The molecule has 13 heteroatoms. The fraction of sp³-hybridized carbons (Fsp3) is 0.458. The number of nitrogens with one attached hydrogen (secondary N) is 2. The van der Waals surface area contributed by atoms with Gasteiger partial charge >= 0.3 is 18.4 Å². The van der Waals surface area contributed by atoms with Gasteiger partial charge in [-0.25, -0.2) is 4.79 Å². The molecule has 1 aliphatic rings. The van der Waals surface area contributed by atoms with Crippen molar-refractivity contribution < 1.29 is 40.5 Å². The zero-order chi connectivity index (χ0) is 27.6. The van der Waals surface area contributed by atoms with Crippen molar-refractivity contribution in [2.24, 2.45) is 0 Å². The molecule has 2 aromatic carbocycles. The molecule has 0 aromatic heterocycles. The number of rotatable bonds is 6. The predicted octanol–water partition coefficient (Wildman–Crippen LogP) is 6.34. The molecule has 7 nitrogen and oxygen atoms in total. The van der Waals surface area contributed by atoms with Gasteiger partial charge in [0.1, 0.15) is 12.6 Å². The van der Waals surface area contributed by atoms with Gasteiger partial charge in [-0.15, -0.1) is 0 Å². The highest BCUT2D eigenvalue weighted by Gasteiger charge is 2.41. The summed E-state index contributed by atoms with van der Waals surface area (Å²) in [6, 6.07) is 5.61. The van der Waals surface area contributed by atoms with Crippen LogP contribution in [0.4, 0.5) is 42.5 Å². The Hall–Kier alpha value is -3.35. The number of anilines is 1. The van der Waals surface area contributed by atoms with Crippen molar-refractivity contribution >= 4 is 17.4 Å². The van der Waals surface area contributed by atoms with Crippen molar-refractivity contribution in [2.45, 2.75) is 56.7 Å². The first-order valence-electron chi connectivity index (χ1n) is 11.5. The molecule has 1 saturated carbocycles. The molecule has 0 bridgehead atoms. The Morgan fingerprint density at radius 2 is 1.59 bits per heavy atom. The smallest absolute Gasteiger partial charge is 0.329 e. The van der Waals surface area contributed by atoms with Gasteiger partial charge in [0, 0.05) is 29.8 Å². The van der Waals surface area contributed by atoms with Crippen LogP contribution in [0, 0.1) is 10.1 Å². The van der Waals surface area contributed by atoms with Crippen LogP contribution in [0.2, 0.25) is 0 Å². The van der Waals surface area contributed by atoms with E-state index in [1.165, 1.54) is 24.3 Å². The van der Waals surface area contributed by atoms with E-state index < -0.39 is 40.5 Å². The number of quaternary nitrogens is 1. The number of benzene rings is 2. The molecule has 202 valence electrons. The van der Waals surface area contributed by atoms with Gasteiger partial charge in [0.25, 0.3) is 5.69 Å². The van der Waals surface area contributed by atoms with E-state index in [2.05, 4.69) is 10.6 Å². The lowest BCUT2D eigenvalue weighted by molar-refractivity contribution is -0.930. The molecule has 2 aromatic rings. The normalized spacial score (nSPS) is 18.8. The summed E-state index contributed by atoms with van der Waals surface area (Å²) >= 11 is 0. The number of carbonyl (C=O) groups is 1. The van der Waals surface area contributed by atoms with E-state index in [4.69, 9.17) is 0 Å². The third-order valence-electron chi connectivity index (χ3n) is 6.50. The van der Waals surface area contributed by atoms with Gasteiger partial charge in [-0.2, -0.15) is 26.3 Å². The molecule has 0 spiro atoms. The number of alkyl halides is 6. The number of urea groups is 1. The molecule has 2 N–H and O–H groups in total. The van der Waals surface area contributed by atoms with Crippen LogP contribution in [0.15, 0.2) is 42.5 Å². The number of non-ortho nitro benzene ring substituents is 1. The lowest BCUT2D eigenvalue weighted by Crippen LogP contribution is -2.60. The highest BCUT2D eigenvalue weighted by molar-refractivity contribution is 5.89. The molecule has 0 radical (unpaired) electrons. The van der Waals surface area contributed by atoms with Crippen LogP contribution in [-0.2, 0) is 18.9 Å². The number of amides is 2. The second kappa shape index (κ2) is 10.6. The summed E-state index contributed by atoms with van der Waals surface area (Å²) in [5.41, 5.74) is -2.85. The van der Waals surface area contributed by atoms with Gasteiger partial charge in [-0.3, -0.25) is 10.1 Å². The minimum Gasteiger partial charge on any atom is -0.329 e. The summed E-state index contributed by atoms with van der Waals surface area (Å²) in [5.74, 6) is 0.